The van der Waals surface area contributed by atoms with Gasteiger partial charge in [0, 0.05) is 36.8 Å². The summed E-state index contributed by atoms with van der Waals surface area (Å²) in [6.45, 7) is 0.323. The number of rotatable bonds is 3. The van der Waals surface area contributed by atoms with E-state index in [9.17, 15) is 4.79 Å². The van der Waals surface area contributed by atoms with Gasteiger partial charge < -0.3 is 9.47 Å². The van der Waals surface area contributed by atoms with Crippen molar-refractivity contribution in [2.75, 3.05) is 13.7 Å². The van der Waals surface area contributed by atoms with Gasteiger partial charge in [0.2, 0.25) is 0 Å². The third-order valence-electron chi connectivity index (χ3n) is 5.91. The number of thiophene rings is 1. The first-order valence-corrected chi connectivity index (χ1v) is 10.7. The molecule has 1 unspecified atom stereocenters. The quantitative estimate of drug-likeness (QED) is 0.436. The van der Waals surface area contributed by atoms with Crippen molar-refractivity contribution in [2.45, 2.75) is 6.04 Å². The molecule has 6 rings (SSSR count). The summed E-state index contributed by atoms with van der Waals surface area (Å²) in [5.41, 5.74) is 3.93. The molecule has 0 radical (unpaired) electrons. The van der Waals surface area contributed by atoms with E-state index in [2.05, 4.69) is 10.1 Å². The SMILES string of the molecule is COc1cc2ncc3c4c2c(c1-c1cnn(C)c1)OCC(c1cccs1)n4c(=O)n3C. The Balaban J connectivity index is 1.79. The number of benzene rings is 1. The van der Waals surface area contributed by atoms with Crippen molar-refractivity contribution in [3.63, 3.8) is 0 Å². The van der Waals surface area contributed by atoms with E-state index < -0.39 is 0 Å². The Hall–Kier alpha value is -3.59. The lowest BCUT2D eigenvalue weighted by atomic mass is 10.0. The van der Waals surface area contributed by atoms with E-state index in [1.54, 1.807) is 47.1 Å². The average Bonchev–Trinajstić information content (AvgIpc) is 3.48. The van der Waals surface area contributed by atoms with Crippen molar-refractivity contribution in [2.24, 2.45) is 14.1 Å². The van der Waals surface area contributed by atoms with E-state index in [1.165, 1.54) is 0 Å². The molecule has 156 valence electrons. The Kier molecular flexibility index (Phi) is 3.79. The van der Waals surface area contributed by atoms with Gasteiger partial charge in [0.25, 0.3) is 0 Å². The smallest absolute Gasteiger partial charge is 0.329 e. The van der Waals surface area contributed by atoms with Gasteiger partial charge in [0.05, 0.1) is 47.0 Å². The lowest BCUT2D eigenvalue weighted by Gasteiger charge is -2.17. The first-order chi connectivity index (χ1) is 15.1. The van der Waals surface area contributed by atoms with E-state index in [0.717, 1.165) is 37.9 Å². The third-order valence-corrected chi connectivity index (χ3v) is 6.88. The predicted molar refractivity (Wildman–Crippen MR) is 119 cm³/mol. The fourth-order valence-corrected chi connectivity index (χ4v) is 5.27. The van der Waals surface area contributed by atoms with Gasteiger partial charge in [-0.05, 0) is 11.4 Å². The first kappa shape index (κ1) is 18.2. The molecule has 31 heavy (non-hydrogen) atoms. The zero-order chi connectivity index (χ0) is 21.3. The predicted octanol–water partition coefficient (Wildman–Crippen LogP) is 3.34. The molecule has 4 aromatic heterocycles. The molecule has 1 atom stereocenters. The molecule has 0 aliphatic carbocycles. The molecule has 0 N–H and O–H groups in total. The van der Waals surface area contributed by atoms with E-state index in [4.69, 9.17) is 9.47 Å². The Bertz CT molecular complexity index is 1530. The molecule has 0 bridgehead atoms. The largest absolute Gasteiger partial charge is 0.496 e. The number of methoxy groups -OCH3 is 1. The highest BCUT2D eigenvalue weighted by Gasteiger charge is 2.31. The minimum absolute atomic E-state index is 0.0853. The molecule has 5 heterocycles. The number of aryl methyl sites for hydroxylation is 2. The van der Waals surface area contributed by atoms with Crippen LogP contribution in [0.25, 0.3) is 33.1 Å². The lowest BCUT2D eigenvalue weighted by Crippen LogP contribution is -2.29. The van der Waals surface area contributed by atoms with Gasteiger partial charge in [-0.25, -0.2) is 4.79 Å². The van der Waals surface area contributed by atoms with Crippen LogP contribution in [-0.4, -0.2) is 37.6 Å². The zero-order valence-electron chi connectivity index (χ0n) is 17.2. The summed E-state index contributed by atoms with van der Waals surface area (Å²) in [7, 11) is 5.29. The number of hydrogen-bond donors (Lipinski definition) is 0. The Labute approximate surface area is 180 Å². The molecule has 9 heteroatoms. The van der Waals surface area contributed by atoms with Crippen molar-refractivity contribution in [1.29, 1.82) is 0 Å². The monoisotopic (exact) mass is 433 g/mol. The molecule has 0 saturated carbocycles. The summed E-state index contributed by atoms with van der Waals surface area (Å²) in [6.07, 6.45) is 5.47. The standard InChI is InChI=1S/C22H19N5O3S/c1-25-10-12(8-24-25)18-16(29-3)7-13-19-20-14(9-23-13)26(2)22(28)27(20)15(11-30-21(18)19)17-5-4-6-31-17/h4-10,15H,11H2,1-3H3. The van der Waals surface area contributed by atoms with Gasteiger partial charge in [-0.15, -0.1) is 11.3 Å². The van der Waals surface area contributed by atoms with Crippen LogP contribution < -0.4 is 15.2 Å². The van der Waals surface area contributed by atoms with Crippen molar-refractivity contribution in [3.05, 3.63) is 57.5 Å². The summed E-state index contributed by atoms with van der Waals surface area (Å²) in [5.74, 6) is 1.32. The van der Waals surface area contributed by atoms with Crippen LogP contribution in [0.3, 0.4) is 0 Å². The molecule has 1 aliphatic heterocycles. The summed E-state index contributed by atoms with van der Waals surface area (Å²) in [5, 5.41) is 7.16. The molecular formula is C22H19N5O3S. The molecule has 0 fully saturated rings. The number of pyridine rings is 1. The van der Waals surface area contributed by atoms with E-state index >= 15 is 0 Å². The van der Waals surface area contributed by atoms with Gasteiger partial charge >= 0.3 is 5.69 Å². The maximum Gasteiger partial charge on any atom is 0.329 e. The number of nitrogens with zero attached hydrogens (tertiary/aromatic N) is 5. The molecule has 1 aromatic carbocycles. The van der Waals surface area contributed by atoms with Crippen molar-refractivity contribution < 1.29 is 9.47 Å². The second-order valence-electron chi connectivity index (χ2n) is 7.63. The van der Waals surface area contributed by atoms with Crippen LogP contribution in [0.2, 0.25) is 0 Å². The third kappa shape index (κ3) is 2.43. The van der Waals surface area contributed by atoms with Crippen LogP contribution in [-0.2, 0) is 14.1 Å². The fourth-order valence-electron chi connectivity index (χ4n) is 4.47. The number of hydrogen-bond acceptors (Lipinski definition) is 6. The summed E-state index contributed by atoms with van der Waals surface area (Å²) in [4.78, 5) is 19.1. The number of ether oxygens (including phenoxy) is 2. The Morgan fingerprint density at radius 2 is 2.16 bits per heavy atom. The number of aromatic nitrogens is 5. The minimum atomic E-state index is -0.234. The maximum atomic E-state index is 13.3. The second-order valence-corrected chi connectivity index (χ2v) is 8.60. The highest BCUT2D eigenvalue weighted by Crippen LogP contribution is 2.47. The van der Waals surface area contributed by atoms with E-state index in [1.807, 2.05) is 41.4 Å². The van der Waals surface area contributed by atoms with Gasteiger partial charge in [-0.1, -0.05) is 6.07 Å². The molecule has 0 spiro atoms. The summed E-state index contributed by atoms with van der Waals surface area (Å²) >= 11 is 1.62. The normalized spacial score (nSPS) is 15.5. The fraction of sp³-hybridized carbons (Fsp3) is 0.227. The molecule has 0 saturated heterocycles. The molecule has 8 nitrogen and oxygen atoms in total. The van der Waals surface area contributed by atoms with Crippen LogP contribution in [0.15, 0.2) is 47.0 Å². The first-order valence-electron chi connectivity index (χ1n) is 9.84. The van der Waals surface area contributed by atoms with Gasteiger partial charge in [-0.2, -0.15) is 5.10 Å². The van der Waals surface area contributed by atoms with E-state index in [-0.39, 0.29) is 11.7 Å². The lowest BCUT2D eigenvalue weighted by molar-refractivity contribution is 0.280. The van der Waals surface area contributed by atoms with Crippen molar-refractivity contribution in [3.8, 4) is 22.6 Å². The maximum absolute atomic E-state index is 13.3. The van der Waals surface area contributed by atoms with Gasteiger partial charge in [0.15, 0.2) is 0 Å². The van der Waals surface area contributed by atoms with Crippen LogP contribution in [0.1, 0.15) is 10.9 Å². The van der Waals surface area contributed by atoms with Crippen LogP contribution >= 0.6 is 11.3 Å². The van der Waals surface area contributed by atoms with Crippen LogP contribution in [0.4, 0.5) is 0 Å². The zero-order valence-corrected chi connectivity index (χ0v) is 18.0. The van der Waals surface area contributed by atoms with E-state index in [0.29, 0.717) is 18.1 Å². The topological polar surface area (TPSA) is 76.1 Å². The van der Waals surface area contributed by atoms with Crippen LogP contribution in [0.5, 0.6) is 11.5 Å². The van der Waals surface area contributed by atoms with Crippen LogP contribution in [0, 0.1) is 0 Å². The van der Waals surface area contributed by atoms with Gasteiger partial charge in [0.1, 0.15) is 24.1 Å². The average molecular weight is 433 g/mol. The molecule has 1 aliphatic rings. The minimum Gasteiger partial charge on any atom is -0.496 e. The number of imidazole rings is 1. The molecule has 0 amide bonds. The second kappa shape index (κ2) is 6.45. The highest BCUT2D eigenvalue weighted by atomic mass is 32.1. The van der Waals surface area contributed by atoms with Crippen molar-refractivity contribution in [1.82, 2.24) is 23.9 Å². The molecular weight excluding hydrogens is 414 g/mol. The summed E-state index contributed by atoms with van der Waals surface area (Å²) < 4.78 is 17.5. The van der Waals surface area contributed by atoms with Crippen molar-refractivity contribution >= 4 is 33.3 Å². The Morgan fingerprint density at radius 3 is 2.87 bits per heavy atom. The summed E-state index contributed by atoms with van der Waals surface area (Å²) in [6, 6.07) is 5.70. The highest BCUT2D eigenvalue weighted by molar-refractivity contribution is 7.10. The molecule has 5 aromatic rings. The Morgan fingerprint density at radius 1 is 1.29 bits per heavy atom. The van der Waals surface area contributed by atoms with Gasteiger partial charge in [-0.3, -0.25) is 18.8 Å².